The van der Waals surface area contributed by atoms with Crippen LogP contribution in [0.25, 0.3) is 0 Å². The van der Waals surface area contributed by atoms with Gasteiger partial charge in [-0.05, 0) is 36.6 Å². The molecule has 0 spiro atoms. The number of pyridine rings is 1. The molecule has 5 nitrogen and oxygen atoms in total. The highest BCUT2D eigenvalue weighted by Gasteiger charge is 2.15. The molecular weight excluding hydrogens is 313 g/mol. The van der Waals surface area contributed by atoms with Gasteiger partial charge in [0.25, 0.3) is 0 Å². The number of nitro groups is 1. The summed E-state index contributed by atoms with van der Waals surface area (Å²) in [5.41, 5.74) is 1.63. The summed E-state index contributed by atoms with van der Waals surface area (Å²) in [6.45, 7) is 2.25. The van der Waals surface area contributed by atoms with Crippen LogP contribution in [0.15, 0.2) is 30.5 Å². The highest BCUT2D eigenvalue weighted by atomic mass is 35.5. The smallest absolute Gasteiger partial charge is 0.311 e. The van der Waals surface area contributed by atoms with Crippen LogP contribution in [-0.2, 0) is 6.42 Å². The lowest BCUT2D eigenvalue weighted by Crippen LogP contribution is -2.09. The third kappa shape index (κ3) is 4.06. The Kier molecular flexibility index (Phi) is 4.98. The first kappa shape index (κ1) is 15.5. The van der Waals surface area contributed by atoms with Gasteiger partial charge in [0.05, 0.1) is 4.92 Å². The minimum Gasteiger partial charge on any atom is -0.364 e. The van der Waals surface area contributed by atoms with Crippen molar-refractivity contribution < 1.29 is 4.92 Å². The molecule has 1 aromatic heterocycles. The first-order valence-corrected chi connectivity index (χ1v) is 7.02. The van der Waals surface area contributed by atoms with E-state index in [0.29, 0.717) is 23.0 Å². The van der Waals surface area contributed by atoms with Gasteiger partial charge in [-0.1, -0.05) is 29.3 Å². The fourth-order valence-electron chi connectivity index (χ4n) is 1.87. The second kappa shape index (κ2) is 6.74. The Balaban J connectivity index is 2.05. The molecule has 21 heavy (non-hydrogen) atoms. The molecule has 0 saturated carbocycles. The maximum absolute atomic E-state index is 11.0. The number of nitrogens with zero attached hydrogens (tertiary/aromatic N) is 2. The van der Waals surface area contributed by atoms with Crippen molar-refractivity contribution >= 4 is 34.7 Å². The van der Waals surface area contributed by atoms with E-state index in [-0.39, 0.29) is 11.5 Å². The molecule has 0 aliphatic carbocycles. The van der Waals surface area contributed by atoms with Crippen LogP contribution in [0.5, 0.6) is 0 Å². The number of nitrogens with one attached hydrogen (secondary N) is 1. The van der Waals surface area contributed by atoms with E-state index in [1.165, 1.54) is 6.07 Å². The Morgan fingerprint density at radius 2 is 2.10 bits per heavy atom. The quantitative estimate of drug-likeness (QED) is 0.658. The molecular formula is C14H13Cl2N3O2. The Hall–Kier alpha value is -1.85. The number of anilines is 1. The molecule has 0 bridgehead atoms. The first-order valence-electron chi connectivity index (χ1n) is 6.26. The van der Waals surface area contributed by atoms with E-state index in [9.17, 15) is 10.1 Å². The number of benzene rings is 1. The van der Waals surface area contributed by atoms with Gasteiger partial charge in [-0.2, -0.15) is 0 Å². The molecule has 0 aliphatic rings. The minimum absolute atomic E-state index is 0.0304. The van der Waals surface area contributed by atoms with Crippen LogP contribution in [0, 0.1) is 17.0 Å². The van der Waals surface area contributed by atoms with E-state index >= 15 is 0 Å². The average molecular weight is 326 g/mol. The van der Waals surface area contributed by atoms with Crippen molar-refractivity contribution in [2.45, 2.75) is 13.3 Å². The molecule has 7 heteroatoms. The summed E-state index contributed by atoms with van der Waals surface area (Å²) < 4.78 is 0. The minimum atomic E-state index is -0.447. The first-order chi connectivity index (χ1) is 9.97. The van der Waals surface area contributed by atoms with Gasteiger partial charge in [0.2, 0.25) is 5.82 Å². The normalized spacial score (nSPS) is 10.4. The van der Waals surface area contributed by atoms with Crippen LogP contribution in [0.2, 0.25) is 10.0 Å². The summed E-state index contributed by atoms with van der Waals surface area (Å²) in [7, 11) is 0. The predicted molar refractivity (Wildman–Crippen MR) is 84.3 cm³/mol. The third-order valence-corrected chi connectivity index (χ3v) is 3.49. The van der Waals surface area contributed by atoms with Gasteiger partial charge in [0.15, 0.2) is 0 Å². The monoisotopic (exact) mass is 325 g/mol. The number of aromatic nitrogens is 1. The van der Waals surface area contributed by atoms with Crippen molar-refractivity contribution in [3.05, 3.63) is 61.7 Å². The zero-order valence-corrected chi connectivity index (χ0v) is 12.8. The molecule has 2 aromatic rings. The van der Waals surface area contributed by atoms with E-state index in [1.54, 1.807) is 25.3 Å². The Morgan fingerprint density at radius 1 is 1.33 bits per heavy atom. The van der Waals surface area contributed by atoms with Crippen molar-refractivity contribution in [2.24, 2.45) is 0 Å². The van der Waals surface area contributed by atoms with Crippen molar-refractivity contribution in [3.63, 3.8) is 0 Å². The zero-order chi connectivity index (χ0) is 15.4. The number of hydrogen-bond donors (Lipinski definition) is 1. The average Bonchev–Trinajstić information content (AvgIpc) is 2.42. The number of halogens is 2. The molecule has 0 unspecified atom stereocenters. The fourth-order valence-corrected chi connectivity index (χ4v) is 2.37. The number of hydrogen-bond acceptors (Lipinski definition) is 4. The lowest BCUT2D eigenvalue weighted by Gasteiger charge is -2.08. The predicted octanol–water partition coefficient (Wildman–Crippen LogP) is 4.26. The van der Waals surface area contributed by atoms with Crippen molar-refractivity contribution in [1.82, 2.24) is 4.98 Å². The Morgan fingerprint density at radius 3 is 2.76 bits per heavy atom. The Labute approximate surface area is 132 Å². The van der Waals surface area contributed by atoms with Gasteiger partial charge in [-0.25, -0.2) is 4.98 Å². The summed E-state index contributed by atoms with van der Waals surface area (Å²) >= 11 is 11.9. The zero-order valence-electron chi connectivity index (χ0n) is 11.3. The molecule has 0 radical (unpaired) electrons. The fraction of sp³-hybridized carbons (Fsp3) is 0.214. The highest BCUT2D eigenvalue weighted by molar-refractivity contribution is 6.35. The lowest BCUT2D eigenvalue weighted by atomic mass is 10.1. The van der Waals surface area contributed by atoms with E-state index < -0.39 is 4.92 Å². The second-order valence-corrected chi connectivity index (χ2v) is 5.39. The molecule has 2 rings (SSSR count). The Bertz CT molecular complexity index is 677. The molecule has 1 N–H and O–H groups in total. The van der Waals surface area contributed by atoms with Gasteiger partial charge in [0, 0.05) is 28.9 Å². The topological polar surface area (TPSA) is 68.1 Å². The second-order valence-electron chi connectivity index (χ2n) is 4.55. The van der Waals surface area contributed by atoms with Crippen molar-refractivity contribution in [1.29, 1.82) is 0 Å². The summed E-state index contributed by atoms with van der Waals surface area (Å²) in [5.74, 6) is 0.260. The highest BCUT2D eigenvalue weighted by Crippen LogP contribution is 2.24. The number of rotatable bonds is 5. The van der Waals surface area contributed by atoms with Crippen molar-refractivity contribution in [2.75, 3.05) is 11.9 Å². The van der Waals surface area contributed by atoms with Gasteiger partial charge in [0.1, 0.15) is 0 Å². The maximum atomic E-state index is 11.0. The van der Waals surface area contributed by atoms with E-state index in [2.05, 4.69) is 10.3 Å². The van der Waals surface area contributed by atoms with Crippen molar-refractivity contribution in [3.8, 4) is 0 Å². The maximum Gasteiger partial charge on any atom is 0.311 e. The molecule has 0 saturated heterocycles. The van der Waals surface area contributed by atoms with Crippen LogP contribution < -0.4 is 5.32 Å². The van der Waals surface area contributed by atoms with Crippen LogP contribution >= 0.6 is 23.2 Å². The van der Waals surface area contributed by atoms with E-state index in [0.717, 1.165) is 11.1 Å². The molecule has 0 amide bonds. The molecule has 110 valence electrons. The van der Waals surface area contributed by atoms with Gasteiger partial charge in [-0.15, -0.1) is 0 Å². The molecule has 1 aromatic carbocycles. The van der Waals surface area contributed by atoms with Crippen LogP contribution in [0.1, 0.15) is 11.1 Å². The molecule has 0 aliphatic heterocycles. The summed E-state index contributed by atoms with van der Waals surface area (Å²) in [6.07, 6.45) is 2.20. The molecule has 0 atom stereocenters. The van der Waals surface area contributed by atoms with E-state index in [4.69, 9.17) is 23.2 Å². The standard InChI is InChI=1S/C14H13Cl2N3O2/c1-9-6-13(19(20)21)14(18-8-9)17-5-4-10-2-3-11(15)7-12(10)16/h2-3,6-8H,4-5H2,1H3,(H,17,18). The van der Waals surface area contributed by atoms with Gasteiger partial charge >= 0.3 is 5.69 Å². The molecule has 1 heterocycles. The SMILES string of the molecule is Cc1cnc(NCCc2ccc(Cl)cc2Cl)c([N+](=O)[O-])c1. The third-order valence-electron chi connectivity index (χ3n) is 2.90. The summed E-state index contributed by atoms with van der Waals surface area (Å²) in [4.78, 5) is 14.6. The molecule has 0 fully saturated rings. The van der Waals surface area contributed by atoms with Crippen LogP contribution in [0.3, 0.4) is 0 Å². The van der Waals surface area contributed by atoms with Gasteiger partial charge < -0.3 is 5.32 Å². The van der Waals surface area contributed by atoms with Gasteiger partial charge in [-0.3, -0.25) is 10.1 Å². The van der Waals surface area contributed by atoms with Crippen LogP contribution in [-0.4, -0.2) is 16.5 Å². The largest absolute Gasteiger partial charge is 0.364 e. The summed E-state index contributed by atoms with van der Waals surface area (Å²) in [5, 5.41) is 15.1. The lowest BCUT2D eigenvalue weighted by molar-refractivity contribution is -0.384. The van der Waals surface area contributed by atoms with E-state index in [1.807, 2.05) is 6.07 Å². The van der Waals surface area contributed by atoms with Crippen LogP contribution in [0.4, 0.5) is 11.5 Å². The number of aryl methyl sites for hydroxylation is 1. The summed E-state index contributed by atoms with van der Waals surface area (Å²) in [6, 6.07) is 6.76.